The average molecular weight is 202 g/mol. The molecule has 0 N–H and O–H groups in total. The van der Waals surface area contributed by atoms with Gasteiger partial charge in [-0.05, 0) is 31.5 Å². The lowest BCUT2D eigenvalue weighted by atomic mass is 10.2. The molecule has 2 nitrogen and oxygen atoms in total. The molecular weight excluding hydrogens is 192 g/mol. The molecule has 0 fully saturated rings. The van der Waals surface area contributed by atoms with E-state index in [9.17, 15) is 0 Å². The van der Waals surface area contributed by atoms with E-state index < -0.39 is 0 Å². The van der Waals surface area contributed by atoms with E-state index in [-0.39, 0.29) is 0 Å². The van der Waals surface area contributed by atoms with Crippen LogP contribution >= 0.6 is 11.3 Å². The number of thiazole rings is 1. The number of fused-ring (bicyclic) bond motifs is 3. The first kappa shape index (κ1) is 8.00. The Morgan fingerprint density at radius 3 is 3.00 bits per heavy atom. The van der Waals surface area contributed by atoms with Crippen LogP contribution in [0.1, 0.15) is 11.3 Å². The van der Waals surface area contributed by atoms with E-state index in [1.807, 2.05) is 6.92 Å². The third-order valence-electron chi connectivity index (χ3n) is 2.37. The molecule has 0 aliphatic heterocycles. The highest BCUT2D eigenvalue weighted by Gasteiger charge is 2.06. The molecule has 14 heavy (non-hydrogen) atoms. The normalized spacial score (nSPS) is 11.6. The van der Waals surface area contributed by atoms with E-state index in [1.165, 1.54) is 15.8 Å². The molecule has 0 amide bonds. The second-order valence-electron chi connectivity index (χ2n) is 3.61. The number of hydrogen-bond donors (Lipinski definition) is 0. The Morgan fingerprint density at radius 1 is 1.29 bits per heavy atom. The van der Waals surface area contributed by atoms with Crippen molar-refractivity contribution in [3.05, 3.63) is 35.7 Å². The lowest BCUT2D eigenvalue weighted by Crippen LogP contribution is -1.77. The first-order valence-corrected chi connectivity index (χ1v) is 5.40. The Morgan fingerprint density at radius 2 is 2.14 bits per heavy atom. The minimum absolute atomic E-state index is 1.08. The van der Waals surface area contributed by atoms with Crippen LogP contribution in [-0.4, -0.2) is 9.38 Å². The quantitative estimate of drug-likeness (QED) is 0.547. The highest BCUT2D eigenvalue weighted by Crippen LogP contribution is 2.26. The van der Waals surface area contributed by atoms with Gasteiger partial charge in [-0.1, -0.05) is 17.4 Å². The van der Waals surface area contributed by atoms with Crippen LogP contribution in [-0.2, 0) is 0 Å². The minimum atomic E-state index is 1.08. The summed E-state index contributed by atoms with van der Waals surface area (Å²) in [6, 6.07) is 6.52. The van der Waals surface area contributed by atoms with Crippen LogP contribution in [0.3, 0.4) is 0 Å². The Kier molecular flexibility index (Phi) is 1.47. The molecular formula is C11H10N2S. The number of rotatable bonds is 0. The zero-order chi connectivity index (χ0) is 9.71. The van der Waals surface area contributed by atoms with E-state index in [0.29, 0.717) is 0 Å². The molecule has 3 heteroatoms. The van der Waals surface area contributed by atoms with Gasteiger partial charge in [0.15, 0.2) is 4.96 Å². The maximum Gasteiger partial charge on any atom is 0.194 e. The van der Waals surface area contributed by atoms with Crippen molar-refractivity contribution in [3.8, 4) is 0 Å². The van der Waals surface area contributed by atoms with Crippen molar-refractivity contribution in [2.75, 3.05) is 0 Å². The number of hydrogen-bond acceptors (Lipinski definition) is 2. The highest BCUT2D eigenvalue weighted by molar-refractivity contribution is 7.23. The first-order valence-electron chi connectivity index (χ1n) is 4.59. The van der Waals surface area contributed by atoms with Crippen molar-refractivity contribution in [2.24, 2.45) is 0 Å². The minimum Gasteiger partial charge on any atom is -0.290 e. The van der Waals surface area contributed by atoms with E-state index >= 15 is 0 Å². The topological polar surface area (TPSA) is 17.3 Å². The van der Waals surface area contributed by atoms with Gasteiger partial charge >= 0.3 is 0 Å². The second kappa shape index (κ2) is 2.58. The predicted octanol–water partition coefficient (Wildman–Crippen LogP) is 3.17. The molecule has 0 radical (unpaired) electrons. The van der Waals surface area contributed by atoms with E-state index in [0.717, 1.165) is 10.7 Å². The van der Waals surface area contributed by atoms with Crippen molar-refractivity contribution in [2.45, 2.75) is 13.8 Å². The van der Waals surface area contributed by atoms with Crippen LogP contribution in [0.2, 0.25) is 0 Å². The SMILES string of the molecule is Cc1ccc2sc3nc(C)cn3c2c1. The van der Waals surface area contributed by atoms with Gasteiger partial charge in [-0.3, -0.25) is 4.40 Å². The van der Waals surface area contributed by atoms with Gasteiger partial charge in [0.25, 0.3) is 0 Å². The monoisotopic (exact) mass is 202 g/mol. The maximum atomic E-state index is 4.46. The lowest BCUT2D eigenvalue weighted by molar-refractivity contribution is 1.27. The van der Waals surface area contributed by atoms with Gasteiger partial charge in [0.1, 0.15) is 0 Å². The van der Waals surface area contributed by atoms with E-state index in [1.54, 1.807) is 11.3 Å². The highest BCUT2D eigenvalue weighted by atomic mass is 32.1. The van der Waals surface area contributed by atoms with Gasteiger partial charge in [0.05, 0.1) is 15.9 Å². The molecule has 0 bridgehead atoms. The zero-order valence-corrected chi connectivity index (χ0v) is 8.93. The van der Waals surface area contributed by atoms with Crippen LogP contribution in [0.15, 0.2) is 24.4 Å². The van der Waals surface area contributed by atoms with Gasteiger partial charge in [-0.25, -0.2) is 4.98 Å². The molecule has 2 aromatic heterocycles. The summed E-state index contributed by atoms with van der Waals surface area (Å²) < 4.78 is 3.47. The summed E-state index contributed by atoms with van der Waals surface area (Å²) in [6.07, 6.45) is 2.09. The second-order valence-corrected chi connectivity index (χ2v) is 4.62. The van der Waals surface area contributed by atoms with Crippen molar-refractivity contribution < 1.29 is 0 Å². The fraction of sp³-hybridized carbons (Fsp3) is 0.182. The molecule has 70 valence electrons. The fourth-order valence-corrected chi connectivity index (χ4v) is 2.75. The Labute approximate surface area is 85.8 Å². The summed E-state index contributed by atoms with van der Waals surface area (Å²) in [5, 5.41) is 0. The maximum absolute atomic E-state index is 4.46. The standard InChI is InChI=1S/C11H10N2S/c1-7-3-4-10-9(5-7)13-6-8(2)12-11(13)14-10/h3-6H,1-2H3. The van der Waals surface area contributed by atoms with Gasteiger partial charge in [-0.2, -0.15) is 0 Å². The molecule has 3 aromatic rings. The lowest BCUT2D eigenvalue weighted by Gasteiger charge is -1.92. The van der Waals surface area contributed by atoms with Gasteiger partial charge in [-0.15, -0.1) is 0 Å². The van der Waals surface area contributed by atoms with Crippen LogP contribution in [0, 0.1) is 13.8 Å². The Balaban J connectivity index is 2.55. The average Bonchev–Trinajstić information content (AvgIpc) is 2.62. The smallest absolute Gasteiger partial charge is 0.194 e. The van der Waals surface area contributed by atoms with Crippen LogP contribution in [0.5, 0.6) is 0 Å². The van der Waals surface area contributed by atoms with Gasteiger partial charge in [0.2, 0.25) is 0 Å². The fourth-order valence-electron chi connectivity index (χ4n) is 1.72. The van der Waals surface area contributed by atoms with E-state index in [2.05, 4.69) is 40.7 Å². The third kappa shape index (κ3) is 0.990. The molecule has 0 unspecified atom stereocenters. The summed E-state index contributed by atoms with van der Waals surface area (Å²) in [6.45, 7) is 4.15. The van der Waals surface area contributed by atoms with Crippen LogP contribution < -0.4 is 0 Å². The summed E-state index contributed by atoms with van der Waals surface area (Å²) in [7, 11) is 0. The number of benzene rings is 1. The zero-order valence-electron chi connectivity index (χ0n) is 8.11. The van der Waals surface area contributed by atoms with Crippen LogP contribution in [0.25, 0.3) is 15.2 Å². The molecule has 3 rings (SSSR count). The number of aryl methyl sites for hydroxylation is 2. The molecule has 2 heterocycles. The van der Waals surface area contributed by atoms with Crippen LogP contribution in [0.4, 0.5) is 0 Å². The number of aromatic nitrogens is 2. The first-order chi connectivity index (χ1) is 6.74. The van der Waals surface area contributed by atoms with Crippen molar-refractivity contribution in [1.82, 2.24) is 9.38 Å². The van der Waals surface area contributed by atoms with Crippen molar-refractivity contribution in [1.29, 1.82) is 0 Å². The molecule has 0 aliphatic carbocycles. The summed E-state index contributed by atoms with van der Waals surface area (Å²) in [4.78, 5) is 5.55. The molecule has 0 atom stereocenters. The molecule has 0 saturated heterocycles. The summed E-state index contributed by atoms with van der Waals surface area (Å²) >= 11 is 1.74. The predicted molar refractivity (Wildman–Crippen MR) is 60.0 cm³/mol. The summed E-state index contributed by atoms with van der Waals surface area (Å²) in [5.41, 5.74) is 3.65. The summed E-state index contributed by atoms with van der Waals surface area (Å²) in [5.74, 6) is 0. The Hall–Kier alpha value is -1.35. The molecule has 0 saturated carbocycles. The van der Waals surface area contributed by atoms with Gasteiger partial charge < -0.3 is 0 Å². The largest absolute Gasteiger partial charge is 0.290 e. The van der Waals surface area contributed by atoms with Crippen molar-refractivity contribution >= 4 is 26.5 Å². The number of nitrogens with zero attached hydrogens (tertiary/aromatic N) is 2. The molecule has 1 aromatic carbocycles. The van der Waals surface area contributed by atoms with Crippen molar-refractivity contribution in [3.63, 3.8) is 0 Å². The van der Waals surface area contributed by atoms with E-state index in [4.69, 9.17) is 0 Å². The Bertz CT molecular complexity index is 619. The van der Waals surface area contributed by atoms with Gasteiger partial charge in [0, 0.05) is 6.20 Å². The molecule has 0 aliphatic rings. The molecule has 0 spiro atoms. The number of imidazole rings is 1. The third-order valence-corrected chi connectivity index (χ3v) is 3.40.